The van der Waals surface area contributed by atoms with E-state index in [4.69, 9.17) is 0 Å². The number of ketones is 1. The van der Waals surface area contributed by atoms with Crippen molar-refractivity contribution >= 4 is 23.1 Å². The van der Waals surface area contributed by atoms with E-state index in [1.165, 1.54) is 17.2 Å². The van der Waals surface area contributed by atoms with Crippen LogP contribution in [0.5, 0.6) is 5.75 Å². The van der Waals surface area contributed by atoms with E-state index in [0.29, 0.717) is 11.1 Å². The van der Waals surface area contributed by atoms with Gasteiger partial charge in [0.05, 0.1) is 17.3 Å². The zero-order valence-corrected chi connectivity index (χ0v) is 16.3. The molecule has 4 rings (SSSR count). The third-order valence-electron chi connectivity index (χ3n) is 5.22. The summed E-state index contributed by atoms with van der Waals surface area (Å²) in [5, 5.41) is 21.4. The highest BCUT2D eigenvalue weighted by molar-refractivity contribution is 6.51. The summed E-state index contributed by atoms with van der Waals surface area (Å²) >= 11 is 0. The van der Waals surface area contributed by atoms with E-state index in [0.717, 1.165) is 12.0 Å². The van der Waals surface area contributed by atoms with Crippen molar-refractivity contribution in [2.75, 3.05) is 4.90 Å². The predicted molar refractivity (Wildman–Crippen MR) is 113 cm³/mol. The van der Waals surface area contributed by atoms with Crippen LogP contribution in [0.1, 0.15) is 29.7 Å². The maximum absolute atomic E-state index is 13.0. The Morgan fingerprint density at radius 3 is 2.40 bits per heavy atom. The molecule has 1 saturated heterocycles. The molecule has 1 atom stereocenters. The van der Waals surface area contributed by atoms with E-state index < -0.39 is 17.7 Å². The van der Waals surface area contributed by atoms with E-state index in [-0.39, 0.29) is 22.8 Å². The average molecular weight is 400 g/mol. The number of carbonyl (C=O) groups is 2. The van der Waals surface area contributed by atoms with Gasteiger partial charge in [0.25, 0.3) is 11.7 Å². The Labute approximate surface area is 173 Å². The number of phenols is 1. The molecule has 2 aromatic carbocycles. The Kier molecular flexibility index (Phi) is 5.06. The number of pyridine rings is 1. The lowest BCUT2D eigenvalue weighted by molar-refractivity contribution is -0.132. The van der Waals surface area contributed by atoms with Gasteiger partial charge in [-0.1, -0.05) is 49.4 Å². The molecule has 1 unspecified atom stereocenters. The van der Waals surface area contributed by atoms with Crippen molar-refractivity contribution in [2.24, 2.45) is 0 Å². The number of aromatic hydroxyl groups is 1. The Hall–Kier alpha value is -3.93. The molecule has 6 heteroatoms. The van der Waals surface area contributed by atoms with Crippen LogP contribution in [0, 0.1) is 0 Å². The molecule has 2 heterocycles. The average Bonchev–Trinajstić information content (AvgIpc) is 3.05. The van der Waals surface area contributed by atoms with Crippen LogP contribution < -0.4 is 4.90 Å². The van der Waals surface area contributed by atoms with Crippen molar-refractivity contribution in [2.45, 2.75) is 19.4 Å². The Bertz CT molecular complexity index is 1140. The second kappa shape index (κ2) is 7.83. The molecule has 0 radical (unpaired) electrons. The molecule has 30 heavy (non-hydrogen) atoms. The largest absolute Gasteiger partial charge is 0.507 e. The number of para-hydroxylation sites is 2. The molecule has 3 aromatic rings. The molecule has 6 nitrogen and oxygen atoms in total. The van der Waals surface area contributed by atoms with Crippen molar-refractivity contribution in [3.05, 3.63) is 95.3 Å². The molecule has 0 bridgehead atoms. The van der Waals surface area contributed by atoms with Gasteiger partial charge in [0, 0.05) is 18.0 Å². The Morgan fingerprint density at radius 2 is 1.77 bits per heavy atom. The number of aromatic nitrogens is 1. The smallest absolute Gasteiger partial charge is 0.300 e. The minimum absolute atomic E-state index is 0.0412. The van der Waals surface area contributed by atoms with E-state index in [1.807, 2.05) is 19.1 Å². The van der Waals surface area contributed by atoms with Gasteiger partial charge in [-0.25, -0.2) is 0 Å². The molecular formula is C24H20N2O4. The molecular weight excluding hydrogens is 380 g/mol. The van der Waals surface area contributed by atoms with Gasteiger partial charge in [-0.15, -0.1) is 0 Å². The number of aliphatic hydroxyl groups is 1. The minimum Gasteiger partial charge on any atom is -0.507 e. The lowest BCUT2D eigenvalue weighted by atomic mass is 9.95. The number of Topliss-reactive ketones (excluding diaryl/α,β-unsaturated/α-hetero) is 1. The Balaban J connectivity index is 1.93. The van der Waals surface area contributed by atoms with Crippen LogP contribution in [0.15, 0.2) is 78.6 Å². The SMILES string of the molecule is CCc1ccc(/C(O)=C2\C(=O)C(=O)N(c3ccccc3O)C2c2cccnc2)cc1. The number of aliphatic hydroxyl groups excluding tert-OH is 1. The summed E-state index contributed by atoms with van der Waals surface area (Å²) < 4.78 is 0. The first-order valence-corrected chi connectivity index (χ1v) is 9.61. The van der Waals surface area contributed by atoms with Crippen molar-refractivity contribution in [1.29, 1.82) is 0 Å². The first-order valence-electron chi connectivity index (χ1n) is 9.61. The first kappa shape index (κ1) is 19.4. The second-order valence-electron chi connectivity index (χ2n) is 6.99. The summed E-state index contributed by atoms with van der Waals surface area (Å²) in [6.07, 6.45) is 3.96. The van der Waals surface area contributed by atoms with Gasteiger partial charge in [0.1, 0.15) is 11.5 Å². The summed E-state index contributed by atoms with van der Waals surface area (Å²) in [5.41, 5.74) is 2.22. The monoisotopic (exact) mass is 400 g/mol. The van der Waals surface area contributed by atoms with Crippen molar-refractivity contribution in [1.82, 2.24) is 4.98 Å². The van der Waals surface area contributed by atoms with Crippen LogP contribution in [0.2, 0.25) is 0 Å². The maximum atomic E-state index is 13.0. The minimum atomic E-state index is -0.919. The van der Waals surface area contributed by atoms with Crippen LogP contribution in [0.25, 0.3) is 5.76 Å². The number of benzene rings is 2. The summed E-state index contributed by atoms with van der Waals surface area (Å²) in [7, 11) is 0. The van der Waals surface area contributed by atoms with Crippen LogP contribution in [0.4, 0.5) is 5.69 Å². The lowest BCUT2D eigenvalue weighted by Crippen LogP contribution is -2.29. The van der Waals surface area contributed by atoms with Gasteiger partial charge in [0.15, 0.2) is 0 Å². The van der Waals surface area contributed by atoms with Gasteiger partial charge in [-0.3, -0.25) is 19.5 Å². The van der Waals surface area contributed by atoms with Gasteiger partial charge < -0.3 is 10.2 Å². The third-order valence-corrected chi connectivity index (χ3v) is 5.22. The fourth-order valence-corrected chi connectivity index (χ4v) is 3.66. The fourth-order valence-electron chi connectivity index (χ4n) is 3.66. The number of hydrogen-bond acceptors (Lipinski definition) is 5. The quantitative estimate of drug-likeness (QED) is 0.393. The summed E-state index contributed by atoms with van der Waals surface area (Å²) in [4.78, 5) is 31.3. The van der Waals surface area contributed by atoms with Crippen LogP contribution in [-0.4, -0.2) is 26.9 Å². The number of anilines is 1. The van der Waals surface area contributed by atoms with E-state index in [9.17, 15) is 19.8 Å². The number of carbonyl (C=O) groups excluding carboxylic acids is 2. The molecule has 1 aromatic heterocycles. The highest BCUT2D eigenvalue weighted by atomic mass is 16.3. The number of aryl methyl sites for hydroxylation is 1. The Morgan fingerprint density at radius 1 is 1.03 bits per heavy atom. The van der Waals surface area contributed by atoms with E-state index >= 15 is 0 Å². The first-order chi connectivity index (χ1) is 14.5. The zero-order valence-electron chi connectivity index (χ0n) is 16.3. The highest BCUT2D eigenvalue weighted by Gasteiger charge is 2.47. The summed E-state index contributed by atoms with van der Waals surface area (Å²) in [5.74, 6) is -2.04. The molecule has 1 aliphatic rings. The fraction of sp³-hybridized carbons (Fsp3) is 0.125. The molecule has 150 valence electrons. The molecule has 0 spiro atoms. The van der Waals surface area contributed by atoms with Crippen molar-refractivity contribution < 1.29 is 19.8 Å². The molecule has 0 aliphatic carbocycles. The predicted octanol–water partition coefficient (Wildman–Crippen LogP) is 3.98. The van der Waals surface area contributed by atoms with Gasteiger partial charge in [-0.05, 0) is 35.7 Å². The summed E-state index contributed by atoms with van der Waals surface area (Å²) in [6.45, 7) is 2.02. The van der Waals surface area contributed by atoms with Gasteiger partial charge in [-0.2, -0.15) is 0 Å². The number of rotatable bonds is 4. The van der Waals surface area contributed by atoms with Gasteiger partial charge in [0.2, 0.25) is 0 Å². The summed E-state index contributed by atoms with van der Waals surface area (Å²) in [6, 6.07) is 16.0. The molecule has 1 aliphatic heterocycles. The number of hydrogen-bond donors (Lipinski definition) is 2. The zero-order chi connectivity index (χ0) is 21.3. The number of amides is 1. The maximum Gasteiger partial charge on any atom is 0.300 e. The van der Waals surface area contributed by atoms with E-state index in [1.54, 1.807) is 48.7 Å². The normalized spacial score (nSPS) is 18.0. The molecule has 1 fully saturated rings. The molecule has 1 amide bonds. The topological polar surface area (TPSA) is 90.7 Å². The lowest BCUT2D eigenvalue weighted by Gasteiger charge is -2.25. The van der Waals surface area contributed by atoms with Crippen LogP contribution in [0.3, 0.4) is 0 Å². The van der Waals surface area contributed by atoms with Crippen LogP contribution >= 0.6 is 0 Å². The number of nitrogens with zero attached hydrogens (tertiary/aromatic N) is 2. The second-order valence-corrected chi connectivity index (χ2v) is 6.99. The molecule has 0 saturated carbocycles. The van der Waals surface area contributed by atoms with Gasteiger partial charge >= 0.3 is 0 Å². The molecule has 2 N–H and O–H groups in total. The number of phenolic OH excluding ortho intramolecular Hbond substituents is 1. The van der Waals surface area contributed by atoms with Crippen LogP contribution in [-0.2, 0) is 16.0 Å². The highest BCUT2D eigenvalue weighted by Crippen LogP contribution is 2.44. The van der Waals surface area contributed by atoms with E-state index in [2.05, 4.69) is 4.98 Å². The third kappa shape index (κ3) is 3.22. The van der Waals surface area contributed by atoms with Crippen molar-refractivity contribution in [3.63, 3.8) is 0 Å². The van der Waals surface area contributed by atoms with Crippen molar-refractivity contribution in [3.8, 4) is 5.75 Å². The standard InChI is InChI=1S/C24H20N2O4/c1-2-15-9-11-16(12-10-15)22(28)20-21(17-6-5-13-25-14-17)26(24(30)23(20)29)18-7-3-4-8-19(18)27/h3-14,21,27-28H,2H2,1H3/b22-20+.